The van der Waals surface area contributed by atoms with Gasteiger partial charge in [-0.25, -0.2) is 4.79 Å². The zero-order valence-electron chi connectivity index (χ0n) is 16.5. The number of nitrogens with one attached hydrogen (secondary N) is 1. The number of aryl methyl sites for hydroxylation is 1. The van der Waals surface area contributed by atoms with E-state index in [1.165, 1.54) is 22.3 Å². The lowest BCUT2D eigenvalue weighted by Crippen LogP contribution is -2.40. The maximum absolute atomic E-state index is 12.4. The standard InChI is InChI=1S/C25H25NO3/c1-17-8-2-3-9-18(17)14-19(15-27)26-25(28)29-16-24-22-12-6-4-10-20(22)21-11-5-7-13-23(21)24/h2-13,19,24,27H,14-16H2,1H3,(H,26,28). The van der Waals surface area contributed by atoms with E-state index in [2.05, 4.69) is 29.6 Å². The van der Waals surface area contributed by atoms with Gasteiger partial charge >= 0.3 is 6.09 Å². The van der Waals surface area contributed by atoms with Gasteiger partial charge in [0.25, 0.3) is 0 Å². The third-order valence-corrected chi connectivity index (χ3v) is 5.61. The summed E-state index contributed by atoms with van der Waals surface area (Å²) in [5.74, 6) is 0.0251. The number of hydrogen-bond acceptors (Lipinski definition) is 3. The van der Waals surface area contributed by atoms with Crippen LogP contribution in [0.1, 0.15) is 28.2 Å². The molecular weight excluding hydrogens is 362 g/mol. The monoisotopic (exact) mass is 387 g/mol. The second kappa shape index (κ2) is 8.50. The average Bonchev–Trinajstić information content (AvgIpc) is 3.07. The Morgan fingerprint density at radius 3 is 2.17 bits per heavy atom. The number of carbonyl (C=O) groups is 1. The Hall–Kier alpha value is -3.11. The topological polar surface area (TPSA) is 58.6 Å². The molecule has 1 amide bonds. The smallest absolute Gasteiger partial charge is 0.407 e. The SMILES string of the molecule is Cc1ccccc1CC(CO)NC(=O)OCC1c2ccccc2-c2ccccc21. The van der Waals surface area contributed by atoms with Crippen LogP contribution in [0.4, 0.5) is 4.79 Å². The zero-order chi connectivity index (χ0) is 20.2. The highest BCUT2D eigenvalue weighted by Gasteiger charge is 2.29. The maximum Gasteiger partial charge on any atom is 0.407 e. The van der Waals surface area contributed by atoms with Crippen LogP contribution in [0.25, 0.3) is 11.1 Å². The van der Waals surface area contributed by atoms with Gasteiger partial charge in [-0.1, -0.05) is 72.8 Å². The molecule has 0 radical (unpaired) electrons. The Morgan fingerprint density at radius 1 is 0.966 bits per heavy atom. The molecule has 2 N–H and O–H groups in total. The number of aliphatic hydroxyl groups is 1. The van der Waals surface area contributed by atoms with Crippen LogP contribution in [0.2, 0.25) is 0 Å². The van der Waals surface area contributed by atoms with Crippen molar-refractivity contribution < 1.29 is 14.6 Å². The fourth-order valence-electron chi connectivity index (χ4n) is 4.07. The van der Waals surface area contributed by atoms with Gasteiger partial charge in [-0.2, -0.15) is 0 Å². The molecule has 1 aliphatic carbocycles. The van der Waals surface area contributed by atoms with E-state index in [4.69, 9.17) is 4.74 Å². The fourth-order valence-corrected chi connectivity index (χ4v) is 4.07. The van der Waals surface area contributed by atoms with Crippen LogP contribution < -0.4 is 5.32 Å². The summed E-state index contributed by atoms with van der Waals surface area (Å²) in [6.45, 7) is 2.15. The molecule has 0 aromatic heterocycles. The van der Waals surface area contributed by atoms with E-state index in [9.17, 15) is 9.90 Å². The molecule has 3 aromatic carbocycles. The number of benzene rings is 3. The minimum absolute atomic E-state index is 0.0251. The van der Waals surface area contributed by atoms with Crippen LogP contribution in [0.5, 0.6) is 0 Å². The summed E-state index contributed by atoms with van der Waals surface area (Å²) in [6.07, 6.45) is 0.0624. The van der Waals surface area contributed by atoms with Gasteiger partial charge in [0.05, 0.1) is 12.6 Å². The first-order valence-corrected chi connectivity index (χ1v) is 9.94. The lowest BCUT2D eigenvalue weighted by molar-refractivity contribution is 0.132. The van der Waals surface area contributed by atoms with E-state index < -0.39 is 6.09 Å². The van der Waals surface area contributed by atoms with Gasteiger partial charge in [0.1, 0.15) is 6.61 Å². The minimum atomic E-state index is -0.500. The summed E-state index contributed by atoms with van der Waals surface area (Å²) in [6, 6.07) is 24.1. The van der Waals surface area contributed by atoms with Crippen LogP contribution in [-0.2, 0) is 11.2 Å². The Labute approximate surface area is 171 Å². The summed E-state index contributed by atoms with van der Waals surface area (Å²) in [4.78, 5) is 12.4. The molecule has 0 spiro atoms. The highest BCUT2D eigenvalue weighted by atomic mass is 16.5. The Balaban J connectivity index is 1.41. The molecule has 4 rings (SSSR count). The summed E-state index contributed by atoms with van der Waals surface area (Å²) < 4.78 is 5.58. The third-order valence-electron chi connectivity index (χ3n) is 5.61. The van der Waals surface area contributed by atoms with Crippen molar-refractivity contribution in [2.75, 3.05) is 13.2 Å². The van der Waals surface area contributed by atoms with E-state index in [0.717, 1.165) is 11.1 Å². The maximum atomic E-state index is 12.4. The summed E-state index contributed by atoms with van der Waals surface area (Å²) in [5, 5.41) is 12.5. The molecule has 0 fully saturated rings. The molecule has 0 saturated heterocycles. The van der Waals surface area contributed by atoms with Crippen molar-refractivity contribution in [1.82, 2.24) is 5.32 Å². The van der Waals surface area contributed by atoms with E-state index in [0.29, 0.717) is 6.42 Å². The van der Waals surface area contributed by atoms with Crippen molar-refractivity contribution in [3.63, 3.8) is 0 Å². The van der Waals surface area contributed by atoms with E-state index in [1.807, 2.05) is 55.5 Å². The van der Waals surface area contributed by atoms with Crippen molar-refractivity contribution in [3.8, 4) is 11.1 Å². The van der Waals surface area contributed by atoms with Gasteiger partial charge in [-0.05, 0) is 46.7 Å². The van der Waals surface area contributed by atoms with Gasteiger partial charge < -0.3 is 15.2 Å². The summed E-state index contributed by atoms with van der Waals surface area (Å²) >= 11 is 0. The van der Waals surface area contributed by atoms with Crippen LogP contribution in [0, 0.1) is 6.92 Å². The third kappa shape index (κ3) is 4.03. The number of fused-ring (bicyclic) bond motifs is 3. The second-order valence-electron chi connectivity index (χ2n) is 7.48. The van der Waals surface area contributed by atoms with Crippen molar-refractivity contribution in [1.29, 1.82) is 0 Å². The summed E-state index contributed by atoms with van der Waals surface area (Å²) in [5.41, 5.74) is 7.00. The van der Waals surface area contributed by atoms with Gasteiger partial charge in [-0.15, -0.1) is 0 Å². The van der Waals surface area contributed by atoms with Crippen molar-refractivity contribution in [3.05, 3.63) is 95.1 Å². The molecule has 4 heteroatoms. The van der Waals surface area contributed by atoms with Crippen molar-refractivity contribution in [2.24, 2.45) is 0 Å². The summed E-state index contributed by atoms with van der Waals surface area (Å²) in [7, 11) is 0. The quantitative estimate of drug-likeness (QED) is 0.658. The minimum Gasteiger partial charge on any atom is -0.449 e. The Kier molecular flexibility index (Phi) is 5.63. The number of alkyl carbamates (subject to hydrolysis) is 1. The van der Waals surface area contributed by atoms with Gasteiger partial charge in [-0.3, -0.25) is 0 Å². The number of ether oxygens (including phenoxy) is 1. The molecular formula is C25H25NO3. The van der Waals surface area contributed by atoms with Gasteiger partial charge in [0.2, 0.25) is 0 Å². The highest BCUT2D eigenvalue weighted by molar-refractivity contribution is 5.79. The molecule has 0 saturated carbocycles. The molecule has 0 bridgehead atoms. The largest absolute Gasteiger partial charge is 0.449 e. The molecule has 3 aromatic rings. The van der Waals surface area contributed by atoms with Crippen LogP contribution in [0.15, 0.2) is 72.8 Å². The molecule has 1 unspecified atom stereocenters. The number of hydrogen-bond donors (Lipinski definition) is 2. The highest BCUT2D eigenvalue weighted by Crippen LogP contribution is 2.44. The number of amides is 1. The Bertz CT molecular complexity index is 969. The van der Waals surface area contributed by atoms with Crippen LogP contribution in [0.3, 0.4) is 0 Å². The number of carbonyl (C=O) groups excluding carboxylic acids is 1. The zero-order valence-corrected chi connectivity index (χ0v) is 16.5. The average molecular weight is 387 g/mol. The first-order chi connectivity index (χ1) is 14.2. The first kappa shape index (κ1) is 19.2. The predicted octanol–water partition coefficient (Wildman–Crippen LogP) is 4.44. The normalized spacial score (nSPS) is 13.4. The van der Waals surface area contributed by atoms with E-state index >= 15 is 0 Å². The van der Waals surface area contributed by atoms with E-state index in [-0.39, 0.29) is 25.2 Å². The molecule has 4 nitrogen and oxygen atoms in total. The first-order valence-electron chi connectivity index (χ1n) is 9.94. The van der Waals surface area contributed by atoms with Crippen LogP contribution in [-0.4, -0.2) is 30.5 Å². The molecule has 0 heterocycles. The lowest BCUT2D eigenvalue weighted by Gasteiger charge is -2.19. The molecule has 0 aliphatic heterocycles. The van der Waals surface area contributed by atoms with E-state index in [1.54, 1.807) is 0 Å². The fraction of sp³-hybridized carbons (Fsp3) is 0.240. The predicted molar refractivity (Wildman–Crippen MR) is 114 cm³/mol. The molecule has 1 aliphatic rings. The number of rotatable bonds is 6. The number of aliphatic hydroxyl groups excluding tert-OH is 1. The molecule has 29 heavy (non-hydrogen) atoms. The molecule has 148 valence electrons. The van der Waals surface area contributed by atoms with Crippen molar-refractivity contribution >= 4 is 6.09 Å². The molecule has 1 atom stereocenters. The van der Waals surface area contributed by atoms with Crippen LogP contribution >= 0.6 is 0 Å². The van der Waals surface area contributed by atoms with Gasteiger partial charge in [0.15, 0.2) is 0 Å². The van der Waals surface area contributed by atoms with Gasteiger partial charge in [0, 0.05) is 5.92 Å². The Morgan fingerprint density at radius 2 is 1.55 bits per heavy atom. The van der Waals surface area contributed by atoms with Crippen molar-refractivity contribution in [2.45, 2.75) is 25.3 Å². The second-order valence-corrected chi connectivity index (χ2v) is 7.48. The lowest BCUT2D eigenvalue weighted by atomic mass is 9.98.